The van der Waals surface area contributed by atoms with Gasteiger partial charge in [-0.2, -0.15) is 26.3 Å². The number of alkyl halides is 6. The van der Waals surface area contributed by atoms with Crippen LogP contribution in [-0.2, 0) is 11.2 Å². The molecule has 0 heterocycles. The molecule has 0 bridgehead atoms. The van der Waals surface area contributed by atoms with Gasteiger partial charge in [-0.05, 0) is 51.5 Å². The fourth-order valence-corrected chi connectivity index (χ4v) is 2.72. The Morgan fingerprint density at radius 3 is 1.87 bits per heavy atom. The highest BCUT2D eigenvalue weighted by Gasteiger charge is 2.54. The molecule has 1 N–H and O–H groups in total. The molecule has 1 saturated carbocycles. The number of halogens is 6. The molecule has 0 aromatic heterocycles. The van der Waals surface area contributed by atoms with E-state index in [1.165, 1.54) is 19.1 Å². The average molecular weight is 440 g/mol. The van der Waals surface area contributed by atoms with Crippen LogP contribution < -0.4 is 0 Å². The van der Waals surface area contributed by atoms with Crippen molar-refractivity contribution in [3.05, 3.63) is 48.0 Å². The van der Waals surface area contributed by atoms with Crippen molar-refractivity contribution in [2.24, 2.45) is 5.92 Å². The van der Waals surface area contributed by atoms with E-state index in [0.717, 1.165) is 12.0 Å². The Bertz CT molecular complexity index is 639. The molecule has 8 heteroatoms. The van der Waals surface area contributed by atoms with Gasteiger partial charge in [-0.15, -0.1) is 6.58 Å². The highest BCUT2D eigenvalue weighted by molar-refractivity contribution is 5.78. The molecule has 2 nitrogen and oxygen atoms in total. The van der Waals surface area contributed by atoms with E-state index < -0.39 is 24.4 Å². The van der Waals surface area contributed by atoms with Crippen molar-refractivity contribution in [2.75, 3.05) is 0 Å². The smallest absolute Gasteiger partial charge is 0.380 e. The van der Waals surface area contributed by atoms with Crippen LogP contribution in [0.2, 0.25) is 0 Å². The van der Waals surface area contributed by atoms with E-state index >= 15 is 0 Å². The van der Waals surface area contributed by atoms with Gasteiger partial charge >= 0.3 is 12.4 Å². The summed E-state index contributed by atoms with van der Waals surface area (Å²) in [4.78, 5) is 10.9. The SMILES string of the molecule is C=CCC.CC(=O)C1CCC(O)(C(F)(F)F)CC1.Cc1ccc(CC(F)(F)F)cc1. The van der Waals surface area contributed by atoms with E-state index in [0.29, 0.717) is 5.56 Å². The number of Topliss-reactive ketones (excluding diaryl/α,β-unsaturated/α-hetero) is 1. The fourth-order valence-electron chi connectivity index (χ4n) is 2.72. The van der Waals surface area contributed by atoms with E-state index in [-0.39, 0.29) is 37.4 Å². The van der Waals surface area contributed by atoms with Gasteiger partial charge in [-0.25, -0.2) is 0 Å². The second-order valence-corrected chi connectivity index (χ2v) is 7.39. The minimum Gasteiger partial charge on any atom is -0.380 e. The van der Waals surface area contributed by atoms with Crippen molar-refractivity contribution < 1.29 is 36.2 Å². The Balaban J connectivity index is 0.000000481. The van der Waals surface area contributed by atoms with Gasteiger partial charge in [0.05, 0.1) is 6.42 Å². The topological polar surface area (TPSA) is 37.3 Å². The Morgan fingerprint density at radius 2 is 1.57 bits per heavy atom. The molecule has 0 amide bonds. The van der Waals surface area contributed by atoms with Crippen molar-refractivity contribution in [3.8, 4) is 0 Å². The van der Waals surface area contributed by atoms with Gasteiger partial charge in [0.1, 0.15) is 5.78 Å². The van der Waals surface area contributed by atoms with Gasteiger partial charge in [0, 0.05) is 5.92 Å². The lowest BCUT2D eigenvalue weighted by atomic mass is 9.77. The summed E-state index contributed by atoms with van der Waals surface area (Å²) in [5, 5.41) is 9.27. The molecule has 0 spiro atoms. The molecule has 0 atom stereocenters. The third-order valence-electron chi connectivity index (χ3n) is 4.73. The third kappa shape index (κ3) is 10.8. The largest absolute Gasteiger partial charge is 0.417 e. The summed E-state index contributed by atoms with van der Waals surface area (Å²) >= 11 is 0. The molecule has 1 aromatic rings. The zero-order valence-corrected chi connectivity index (χ0v) is 17.5. The van der Waals surface area contributed by atoms with Crippen LogP contribution in [-0.4, -0.2) is 28.8 Å². The van der Waals surface area contributed by atoms with Crippen LogP contribution in [0.3, 0.4) is 0 Å². The van der Waals surface area contributed by atoms with Crippen molar-refractivity contribution >= 4 is 5.78 Å². The van der Waals surface area contributed by atoms with Gasteiger partial charge in [-0.1, -0.05) is 42.8 Å². The normalized spacial score (nSPS) is 21.5. The van der Waals surface area contributed by atoms with Crippen LogP contribution in [0.4, 0.5) is 26.3 Å². The van der Waals surface area contributed by atoms with E-state index in [9.17, 15) is 36.2 Å². The Hall–Kier alpha value is -1.83. The number of aliphatic hydroxyl groups is 1. The molecule has 0 radical (unpaired) electrons. The lowest BCUT2D eigenvalue weighted by Crippen LogP contribution is -2.48. The number of hydrogen-bond acceptors (Lipinski definition) is 2. The number of rotatable bonds is 3. The summed E-state index contributed by atoms with van der Waals surface area (Å²) in [6.45, 7) is 8.76. The van der Waals surface area contributed by atoms with Gasteiger partial charge < -0.3 is 5.11 Å². The summed E-state index contributed by atoms with van der Waals surface area (Å²) in [5.41, 5.74) is -1.28. The van der Waals surface area contributed by atoms with Crippen LogP contribution >= 0.6 is 0 Å². The number of aryl methyl sites for hydroxylation is 1. The molecule has 0 unspecified atom stereocenters. The second kappa shape index (κ2) is 12.1. The predicted octanol–water partition coefficient (Wildman–Crippen LogP) is 6.74. The molecular formula is C22H30F6O2. The Kier molecular flexibility index (Phi) is 11.4. The lowest BCUT2D eigenvalue weighted by Gasteiger charge is -2.36. The average Bonchev–Trinajstić information content (AvgIpc) is 2.63. The van der Waals surface area contributed by atoms with Gasteiger partial charge in [-0.3, -0.25) is 4.79 Å². The molecule has 1 aliphatic carbocycles. The molecule has 1 fully saturated rings. The van der Waals surface area contributed by atoms with Crippen molar-refractivity contribution in [2.45, 2.75) is 77.2 Å². The minimum atomic E-state index is -4.57. The van der Waals surface area contributed by atoms with Gasteiger partial charge in [0.2, 0.25) is 0 Å². The maximum atomic E-state index is 12.3. The maximum Gasteiger partial charge on any atom is 0.417 e. The van der Waals surface area contributed by atoms with Crippen LogP contribution in [0.1, 0.15) is 57.1 Å². The van der Waals surface area contributed by atoms with E-state index in [1.54, 1.807) is 12.1 Å². The Morgan fingerprint density at radius 1 is 1.13 bits per heavy atom. The first-order valence-corrected chi connectivity index (χ1v) is 9.68. The number of carbonyl (C=O) groups excluding carboxylic acids is 1. The molecule has 1 aromatic carbocycles. The Labute approximate surface area is 174 Å². The van der Waals surface area contributed by atoms with E-state index in [4.69, 9.17) is 0 Å². The van der Waals surface area contributed by atoms with Crippen molar-refractivity contribution in [1.82, 2.24) is 0 Å². The predicted molar refractivity (Wildman–Crippen MR) is 105 cm³/mol. The van der Waals surface area contributed by atoms with Crippen molar-refractivity contribution in [3.63, 3.8) is 0 Å². The van der Waals surface area contributed by atoms with Crippen LogP contribution in [0.25, 0.3) is 0 Å². The highest BCUT2D eigenvalue weighted by atomic mass is 19.4. The summed E-state index contributed by atoms with van der Waals surface area (Å²) in [6, 6.07) is 6.37. The van der Waals surface area contributed by atoms with Crippen molar-refractivity contribution in [1.29, 1.82) is 0 Å². The zero-order valence-electron chi connectivity index (χ0n) is 17.5. The number of benzene rings is 1. The zero-order chi connectivity index (χ0) is 23.6. The molecule has 172 valence electrons. The first-order chi connectivity index (χ1) is 13.6. The summed E-state index contributed by atoms with van der Waals surface area (Å²) < 4.78 is 72.5. The molecule has 1 aliphatic rings. The minimum absolute atomic E-state index is 0.0887. The van der Waals surface area contributed by atoms with Gasteiger partial charge in [0.15, 0.2) is 5.60 Å². The standard InChI is InChI=1S/C9H13F3O2.C9H9F3.C4H8/c1-6(13)7-2-4-8(14,5-3-7)9(10,11)12;1-7-2-4-8(5-3-7)6-9(10,11)12;1-3-4-2/h7,14H,2-5H2,1H3;2-5H,6H2,1H3;3H,1,4H2,2H3. The summed E-state index contributed by atoms with van der Waals surface area (Å²) in [7, 11) is 0. The number of carbonyl (C=O) groups is 1. The molecule has 0 aliphatic heterocycles. The molecule has 30 heavy (non-hydrogen) atoms. The molecule has 2 rings (SSSR count). The first-order valence-electron chi connectivity index (χ1n) is 9.68. The quantitative estimate of drug-likeness (QED) is 0.417. The van der Waals surface area contributed by atoms with Gasteiger partial charge in [0.25, 0.3) is 0 Å². The maximum absolute atomic E-state index is 12.3. The highest BCUT2D eigenvalue weighted by Crippen LogP contribution is 2.43. The number of hydrogen-bond donors (Lipinski definition) is 1. The molecular weight excluding hydrogens is 410 g/mol. The van der Waals surface area contributed by atoms with Crippen LogP contribution in [0.5, 0.6) is 0 Å². The van der Waals surface area contributed by atoms with Crippen LogP contribution in [0, 0.1) is 12.8 Å². The monoisotopic (exact) mass is 440 g/mol. The lowest BCUT2D eigenvalue weighted by molar-refractivity contribution is -0.271. The second-order valence-electron chi connectivity index (χ2n) is 7.39. The van der Waals surface area contributed by atoms with E-state index in [1.807, 2.05) is 13.0 Å². The first kappa shape index (κ1) is 28.2. The van der Waals surface area contributed by atoms with E-state index in [2.05, 4.69) is 13.5 Å². The third-order valence-corrected chi connectivity index (χ3v) is 4.73. The number of ketones is 1. The molecule has 0 saturated heterocycles. The number of allylic oxidation sites excluding steroid dienone is 1. The van der Waals surface area contributed by atoms with Crippen LogP contribution in [0.15, 0.2) is 36.9 Å². The summed E-state index contributed by atoms with van der Waals surface area (Å²) in [6.07, 6.45) is -7.02. The fraction of sp³-hybridized carbons (Fsp3) is 0.591. The summed E-state index contributed by atoms with van der Waals surface area (Å²) in [5.74, 6) is -0.396.